The molecule has 0 aromatic heterocycles. The molecule has 1 N–H and O–H groups in total. The molecule has 0 aliphatic rings. The first-order chi connectivity index (χ1) is 9.54. The Morgan fingerprint density at radius 2 is 1.60 bits per heavy atom. The molecule has 0 radical (unpaired) electrons. The minimum Gasteiger partial charge on any atom is -0.427 e. The molecule has 1 amide bonds. The van der Waals surface area contributed by atoms with Gasteiger partial charge in [-0.1, -0.05) is 0 Å². The van der Waals surface area contributed by atoms with Crippen LogP contribution in [0, 0.1) is 5.82 Å². The number of carbonyl (C=O) groups is 2. The van der Waals surface area contributed by atoms with Crippen molar-refractivity contribution in [3.8, 4) is 5.75 Å². The molecule has 102 valence electrons. The van der Waals surface area contributed by atoms with Gasteiger partial charge >= 0.3 is 5.97 Å². The number of halogens is 1. The van der Waals surface area contributed by atoms with Crippen LogP contribution >= 0.6 is 0 Å². The van der Waals surface area contributed by atoms with E-state index in [4.69, 9.17) is 4.74 Å². The molecule has 0 unspecified atom stereocenters. The Labute approximate surface area is 115 Å². The SMILES string of the molecule is CC(=O)Oc1ccc(NC(=O)c2ccc(F)cc2)cc1. The van der Waals surface area contributed by atoms with Gasteiger partial charge in [-0.05, 0) is 48.5 Å². The van der Waals surface area contributed by atoms with Gasteiger partial charge < -0.3 is 10.1 Å². The van der Waals surface area contributed by atoms with Gasteiger partial charge in [-0.15, -0.1) is 0 Å². The Hall–Kier alpha value is -2.69. The van der Waals surface area contributed by atoms with Crippen LogP contribution < -0.4 is 10.1 Å². The quantitative estimate of drug-likeness (QED) is 0.691. The summed E-state index contributed by atoms with van der Waals surface area (Å²) in [4.78, 5) is 22.6. The van der Waals surface area contributed by atoms with E-state index in [0.717, 1.165) is 0 Å². The Balaban J connectivity index is 2.04. The van der Waals surface area contributed by atoms with Crippen molar-refractivity contribution in [3.63, 3.8) is 0 Å². The summed E-state index contributed by atoms with van der Waals surface area (Å²) in [5.74, 6) is -0.747. The summed E-state index contributed by atoms with van der Waals surface area (Å²) < 4.78 is 17.6. The van der Waals surface area contributed by atoms with E-state index in [-0.39, 0.29) is 5.91 Å². The molecule has 4 nitrogen and oxygen atoms in total. The summed E-state index contributed by atoms with van der Waals surface area (Å²) >= 11 is 0. The van der Waals surface area contributed by atoms with Gasteiger partial charge in [0.05, 0.1) is 0 Å². The molecule has 0 spiro atoms. The third-order valence-corrected chi connectivity index (χ3v) is 2.48. The number of hydrogen-bond donors (Lipinski definition) is 1. The standard InChI is InChI=1S/C15H12FNO3/c1-10(18)20-14-8-6-13(7-9-14)17-15(19)11-2-4-12(16)5-3-11/h2-9H,1H3,(H,17,19). The molecule has 0 fully saturated rings. The number of anilines is 1. The molecule has 0 atom stereocenters. The Bertz CT molecular complexity index is 621. The van der Waals surface area contributed by atoms with Gasteiger partial charge in [-0.2, -0.15) is 0 Å². The molecule has 0 aliphatic carbocycles. The van der Waals surface area contributed by atoms with Crippen LogP contribution in [-0.4, -0.2) is 11.9 Å². The van der Waals surface area contributed by atoms with Crippen molar-refractivity contribution in [3.05, 3.63) is 59.9 Å². The fourth-order valence-corrected chi connectivity index (χ4v) is 1.58. The molecule has 0 aliphatic heterocycles. The summed E-state index contributed by atoms with van der Waals surface area (Å²) in [6, 6.07) is 11.6. The molecule has 0 saturated carbocycles. The van der Waals surface area contributed by atoms with Crippen LogP contribution in [0.5, 0.6) is 5.75 Å². The molecule has 2 aromatic carbocycles. The van der Waals surface area contributed by atoms with Crippen molar-refractivity contribution < 1.29 is 18.7 Å². The van der Waals surface area contributed by atoms with Gasteiger partial charge in [0.1, 0.15) is 11.6 Å². The van der Waals surface area contributed by atoms with E-state index in [9.17, 15) is 14.0 Å². The third-order valence-electron chi connectivity index (χ3n) is 2.48. The largest absolute Gasteiger partial charge is 0.427 e. The second kappa shape index (κ2) is 5.97. The van der Waals surface area contributed by atoms with E-state index in [1.165, 1.54) is 31.2 Å². The van der Waals surface area contributed by atoms with E-state index in [2.05, 4.69) is 5.32 Å². The number of esters is 1. The molecule has 0 heterocycles. The monoisotopic (exact) mass is 273 g/mol. The molecule has 0 bridgehead atoms. The van der Waals surface area contributed by atoms with E-state index < -0.39 is 11.8 Å². The lowest BCUT2D eigenvalue weighted by molar-refractivity contribution is -0.131. The highest BCUT2D eigenvalue weighted by molar-refractivity contribution is 6.04. The zero-order valence-corrected chi connectivity index (χ0v) is 10.7. The number of ether oxygens (including phenoxy) is 1. The maximum Gasteiger partial charge on any atom is 0.308 e. The predicted octanol–water partition coefficient (Wildman–Crippen LogP) is 3.00. The van der Waals surface area contributed by atoms with E-state index in [1.807, 2.05) is 0 Å². The van der Waals surface area contributed by atoms with Gasteiger partial charge in [0.15, 0.2) is 0 Å². The highest BCUT2D eigenvalue weighted by Gasteiger charge is 2.06. The van der Waals surface area contributed by atoms with E-state index in [0.29, 0.717) is 17.0 Å². The van der Waals surface area contributed by atoms with E-state index in [1.54, 1.807) is 24.3 Å². The summed E-state index contributed by atoms with van der Waals surface area (Å²) in [5, 5.41) is 2.66. The lowest BCUT2D eigenvalue weighted by Crippen LogP contribution is -2.11. The average Bonchev–Trinajstić information content (AvgIpc) is 2.41. The highest BCUT2D eigenvalue weighted by Crippen LogP contribution is 2.16. The maximum absolute atomic E-state index is 12.8. The topological polar surface area (TPSA) is 55.4 Å². The molecule has 2 aromatic rings. The van der Waals surface area contributed by atoms with Crippen LogP contribution in [0.25, 0.3) is 0 Å². The van der Waals surface area contributed by atoms with Gasteiger partial charge in [-0.3, -0.25) is 9.59 Å². The molecule has 2 rings (SSSR count). The number of hydrogen-bond acceptors (Lipinski definition) is 3. The summed E-state index contributed by atoms with van der Waals surface area (Å²) in [7, 11) is 0. The van der Waals surface area contributed by atoms with Gasteiger partial charge in [0.25, 0.3) is 5.91 Å². The summed E-state index contributed by atoms with van der Waals surface area (Å²) in [6.07, 6.45) is 0. The van der Waals surface area contributed by atoms with Crippen LogP contribution in [0.3, 0.4) is 0 Å². The van der Waals surface area contributed by atoms with Crippen LogP contribution in [0.1, 0.15) is 17.3 Å². The van der Waals surface area contributed by atoms with Crippen molar-refractivity contribution in [2.75, 3.05) is 5.32 Å². The van der Waals surface area contributed by atoms with Gasteiger partial charge in [0, 0.05) is 18.2 Å². The maximum atomic E-state index is 12.8. The fraction of sp³-hybridized carbons (Fsp3) is 0.0667. The molecular weight excluding hydrogens is 261 g/mol. The van der Waals surface area contributed by atoms with Crippen molar-refractivity contribution in [1.29, 1.82) is 0 Å². The first kappa shape index (κ1) is 13.7. The molecule has 0 saturated heterocycles. The molecule has 20 heavy (non-hydrogen) atoms. The average molecular weight is 273 g/mol. The Kier molecular flexibility index (Phi) is 4.10. The highest BCUT2D eigenvalue weighted by atomic mass is 19.1. The Morgan fingerprint density at radius 1 is 1.00 bits per heavy atom. The second-order valence-electron chi connectivity index (χ2n) is 4.08. The first-order valence-electron chi connectivity index (χ1n) is 5.90. The first-order valence-corrected chi connectivity index (χ1v) is 5.90. The van der Waals surface area contributed by atoms with Crippen molar-refractivity contribution in [2.24, 2.45) is 0 Å². The molecular formula is C15H12FNO3. The fourth-order valence-electron chi connectivity index (χ4n) is 1.58. The van der Waals surface area contributed by atoms with Crippen molar-refractivity contribution >= 4 is 17.6 Å². The summed E-state index contributed by atoms with van der Waals surface area (Å²) in [5.41, 5.74) is 0.908. The number of benzene rings is 2. The predicted molar refractivity (Wildman–Crippen MR) is 72.1 cm³/mol. The number of nitrogens with one attached hydrogen (secondary N) is 1. The van der Waals surface area contributed by atoms with Gasteiger partial charge in [-0.25, -0.2) is 4.39 Å². The normalized spacial score (nSPS) is 9.90. The van der Waals surface area contributed by atoms with Gasteiger partial charge in [0.2, 0.25) is 0 Å². The number of rotatable bonds is 3. The van der Waals surface area contributed by atoms with Crippen LogP contribution in [0.2, 0.25) is 0 Å². The molecule has 5 heteroatoms. The van der Waals surface area contributed by atoms with Crippen molar-refractivity contribution in [2.45, 2.75) is 6.92 Å². The lowest BCUT2D eigenvalue weighted by Gasteiger charge is -2.06. The Morgan fingerprint density at radius 3 is 2.15 bits per heavy atom. The van der Waals surface area contributed by atoms with Crippen LogP contribution in [-0.2, 0) is 4.79 Å². The second-order valence-corrected chi connectivity index (χ2v) is 4.08. The minimum atomic E-state index is -0.409. The lowest BCUT2D eigenvalue weighted by atomic mass is 10.2. The zero-order chi connectivity index (χ0) is 14.5. The zero-order valence-electron chi connectivity index (χ0n) is 10.7. The number of carbonyl (C=O) groups excluding carboxylic acids is 2. The smallest absolute Gasteiger partial charge is 0.308 e. The summed E-state index contributed by atoms with van der Waals surface area (Å²) in [6.45, 7) is 1.31. The van der Waals surface area contributed by atoms with Crippen LogP contribution in [0.4, 0.5) is 10.1 Å². The minimum absolute atomic E-state index is 0.342. The third kappa shape index (κ3) is 3.65. The van der Waals surface area contributed by atoms with Crippen molar-refractivity contribution in [1.82, 2.24) is 0 Å². The number of amides is 1. The van der Waals surface area contributed by atoms with E-state index >= 15 is 0 Å². The van der Waals surface area contributed by atoms with Crippen LogP contribution in [0.15, 0.2) is 48.5 Å².